The van der Waals surface area contributed by atoms with Crippen molar-refractivity contribution in [2.75, 3.05) is 13.1 Å². The van der Waals surface area contributed by atoms with Gasteiger partial charge in [-0.05, 0) is 51.3 Å². The zero-order valence-electron chi connectivity index (χ0n) is 13.8. The van der Waals surface area contributed by atoms with Crippen LogP contribution in [0.1, 0.15) is 64.6 Å². The molecule has 1 aromatic heterocycles. The Morgan fingerprint density at radius 3 is 2.81 bits per heavy atom. The van der Waals surface area contributed by atoms with E-state index in [4.69, 9.17) is 0 Å². The van der Waals surface area contributed by atoms with E-state index in [2.05, 4.69) is 41.2 Å². The summed E-state index contributed by atoms with van der Waals surface area (Å²) < 4.78 is 2.11. The summed E-state index contributed by atoms with van der Waals surface area (Å²) in [5, 5.41) is 18.6. The Morgan fingerprint density at radius 1 is 1.43 bits per heavy atom. The molecule has 1 aliphatic carbocycles. The van der Waals surface area contributed by atoms with E-state index >= 15 is 0 Å². The van der Waals surface area contributed by atoms with Crippen LogP contribution >= 0.6 is 0 Å². The molecule has 0 radical (unpaired) electrons. The third-order valence-electron chi connectivity index (χ3n) is 4.32. The van der Waals surface area contributed by atoms with E-state index in [9.17, 15) is 5.11 Å². The minimum atomic E-state index is -0.682. The third kappa shape index (κ3) is 5.44. The first-order valence-corrected chi connectivity index (χ1v) is 8.43. The van der Waals surface area contributed by atoms with Gasteiger partial charge in [-0.2, -0.15) is 5.10 Å². The average Bonchev–Trinajstić information content (AvgIpc) is 3.04. The molecule has 1 saturated carbocycles. The van der Waals surface area contributed by atoms with Crippen molar-refractivity contribution in [3.05, 3.63) is 18.0 Å². The Bertz CT molecular complexity index is 419. The number of rotatable bonds is 8. The highest BCUT2D eigenvalue weighted by molar-refractivity contribution is 5.04. The first kappa shape index (κ1) is 16.5. The fourth-order valence-corrected chi connectivity index (χ4v) is 3.07. The molecule has 120 valence electrons. The summed E-state index contributed by atoms with van der Waals surface area (Å²) in [7, 11) is 0. The SMILES string of the molecule is CC(C)CNCCC(C)(O)Cc1ccn(C2CCCC2)n1. The van der Waals surface area contributed by atoms with E-state index in [1.165, 1.54) is 25.7 Å². The molecule has 1 unspecified atom stereocenters. The van der Waals surface area contributed by atoms with Crippen LogP contribution in [0.2, 0.25) is 0 Å². The van der Waals surface area contributed by atoms with Crippen molar-refractivity contribution >= 4 is 0 Å². The number of nitrogens with zero attached hydrogens (tertiary/aromatic N) is 2. The highest BCUT2D eigenvalue weighted by Gasteiger charge is 2.23. The second kappa shape index (κ2) is 7.41. The van der Waals surface area contributed by atoms with Crippen LogP contribution in [0.25, 0.3) is 0 Å². The molecule has 1 atom stereocenters. The predicted molar refractivity (Wildman–Crippen MR) is 86.4 cm³/mol. The Morgan fingerprint density at radius 2 is 2.14 bits per heavy atom. The second-order valence-corrected chi connectivity index (χ2v) is 7.25. The summed E-state index contributed by atoms with van der Waals surface area (Å²) in [4.78, 5) is 0. The van der Waals surface area contributed by atoms with E-state index in [0.717, 1.165) is 25.2 Å². The molecule has 0 bridgehead atoms. The van der Waals surface area contributed by atoms with Crippen LogP contribution in [0.4, 0.5) is 0 Å². The fraction of sp³-hybridized carbons (Fsp3) is 0.824. The number of nitrogens with one attached hydrogen (secondary N) is 1. The molecule has 1 aromatic rings. The second-order valence-electron chi connectivity index (χ2n) is 7.25. The molecule has 2 N–H and O–H groups in total. The number of aromatic nitrogens is 2. The maximum absolute atomic E-state index is 10.5. The number of aliphatic hydroxyl groups is 1. The van der Waals surface area contributed by atoms with Crippen LogP contribution in [0.15, 0.2) is 12.3 Å². The maximum Gasteiger partial charge on any atom is 0.0687 e. The molecule has 0 spiro atoms. The number of hydrogen-bond donors (Lipinski definition) is 2. The maximum atomic E-state index is 10.5. The molecule has 0 amide bonds. The first-order chi connectivity index (χ1) is 9.96. The van der Waals surface area contributed by atoms with Gasteiger partial charge in [-0.25, -0.2) is 0 Å². The summed E-state index contributed by atoms with van der Waals surface area (Å²) in [5.74, 6) is 0.650. The van der Waals surface area contributed by atoms with Crippen LogP contribution in [0.3, 0.4) is 0 Å². The molecule has 21 heavy (non-hydrogen) atoms. The van der Waals surface area contributed by atoms with Gasteiger partial charge in [-0.15, -0.1) is 0 Å². The van der Waals surface area contributed by atoms with Crippen molar-refractivity contribution in [3.8, 4) is 0 Å². The van der Waals surface area contributed by atoms with Gasteiger partial charge in [0.15, 0.2) is 0 Å². The minimum absolute atomic E-state index is 0.580. The molecule has 0 aliphatic heterocycles. The van der Waals surface area contributed by atoms with E-state index in [1.807, 2.05) is 6.92 Å². The molecule has 1 fully saturated rings. The summed E-state index contributed by atoms with van der Waals surface area (Å²) in [6.07, 6.45) is 8.61. The van der Waals surface area contributed by atoms with E-state index < -0.39 is 5.60 Å². The Labute approximate surface area is 128 Å². The smallest absolute Gasteiger partial charge is 0.0687 e. The standard InChI is InChI=1S/C17H31N3O/c1-14(2)13-18-10-9-17(3,21)12-15-8-11-20(19-15)16-6-4-5-7-16/h8,11,14,16,18,21H,4-7,9-10,12-13H2,1-3H3. The molecule has 2 rings (SSSR count). The molecule has 4 nitrogen and oxygen atoms in total. The van der Waals surface area contributed by atoms with Crippen molar-refractivity contribution in [2.45, 2.75) is 70.9 Å². The van der Waals surface area contributed by atoms with Crippen LogP contribution < -0.4 is 5.32 Å². The van der Waals surface area contributed by atoms with Crippen molar-refractivity contribution < 1.29 is 5.11 Å². The Hall–Kier alpha value is -0.870. The quantitative estimate of drug-likeness (QED) is 0.725. The zero-order chi connectivity index (χ0) is 15.3. The zero-order valence-corrected chi connectivity index (χ0v) is 13.8. The number of hydrogen-bond acceptors (Lipinski definition) is 3. The lowest BCUT2D eigenvalue weighted by atomic mass is 9.96. The molecule has 1 heterocycles. The largest absolute Gasteiger partial charge is 0.390 e. The average molecular weight is 293 g/mol. The fourth-order valence-electron chi connectivity index (χ4n) is 3.07. The van der Waals surface area contributed by atoms with E-state index in [-0.39, 0.29) is 0 Å². The van der Waals surface area contributed by atoms with Gasteiger partial charge in [0.05, 0.1) is 17.3 Å². The first-order valence-electron chi connectivity index (χ1n) is 8.43. The lowest BCUT2D eigenvalue weighted by Crippen LogP contribution is -2.33. The van der Waals surface area contributed by atoms with Crippen LogP contribution in [-0.2, 0) is 6.42 Å². The monoisotopic (exact) mass is 293 g/mol. The van der Waals surface area contributed by atoms with Gasteiger partial charge in [0.1, 0.15) is 0 Å². The van der Waals surface area contributed by atoms with Gasteiger partial charge in [0.25, 0.3) is 0 Å². The predicted octanol–water partition coefficient (Wildman–Crippen LogP) is 2.93. The van der Waals surface area contributed by atoms with E-state index in [1.54, 1.807) is 0 Å². The van der Waals surface area contributed by atoms with Crippen molar-refractivity contribution in [1.29, 1.82) is 0 Å². The van der Waals surface area contributed by atoms with Gasteiger partial charge in [-0.3, -0.25) is 4.68 Å². The van der Waals surface area contributed by atoms with Crippen molar-refractivity contribution in [3.63, 3.8) is 0 Å². The molecule has 0 aromatic carbocycles. The van der Waals surface area contributed by atoms with Gasteiger partial charge in [-0.1, -0.05) is 26.7 Å². The molecule has 0 saturated heterocycles. The van der Waals surface area contributed by atoms with Gasteiger partial charge < -0.3 is 10.4 Å². The van der Waals surface area contributed by atoms with Crippen LogP contribution in [0, 0.1) is 5.92 Å². The topological polar surface area (TPSA) is 50.1 Å². The highest BCUT2D eigenvalue weighted by Crippen LogP contribution is 2.29. The minimum Gasteiger partial charge on any atom is -0.390 e. The lowest BCUT2D eigenvalue weighted by Gasteiger charge is -2.22. The summed E-state index contributed by atoms with van der Waals surface area (Å²) in [6, 6.07) is 2.64. The summed E-state index contributed by atoms with van der Waals surface area (Å²) in [5.41, 5.74) is 0.328. The van der Waals surface area contributed by atoms with Crippen molar-refractivity contribution in [1.82, 2.24) is 15.1 Å². The van der Waals surface area contributed by atoms with Gasteiger partial charge >= 0.3 is 0 Å². The normalized spacial score (nSPS) is 19.3. The van der Waals surface area contributed by atoms with Crippen LogP contribution in [-0.4, -0.2) is 33.6 Å². The summed E-state index contributed by atoms with van der Waals surface area (Å²) >= 11 is 0. The lowest BCUT2D eigenvalue weighted by molar-refractivity contribution is 0.0502. The molecular weight excluding hydrogens is 262 g/mol. The highest BCUT2D eigenvalue weighted by atomic mass is 16.3. The Balaban J connectivity index is 1.79. The summed E-state index contributed by atoms with van der Waals surface area (Å²) in [6.45, 7) is 8.17. The third-order valence-corrected chi connectivity index (χ3v) is 4.32. The van der Waals surface area contributed by atoms with Crippen molar-refractivity contribution in [2.24, 2.45) is 5.92 Å². The van der Waals surface area contributed by atoms with E-state index in [0.29, 0.717) is 18.4 Å². The molecular formula is C17H31N3O. The van der Waals surface area contributed by atoms with Gasteiger partial charge in [0, 0.05) is 12.6 Å². The van der Waals surface area contributed by atoms with Gasteiger partial charge in [0.2, 0.25) is 0 Å². The van der Waals surface area contributed by atoms with Crippen LogP contribution in [0.5, 0.6) is 0 Å². The Kier molecular flexibility index (Phi) is 5.82. The molecule has 1 aliphatic rings. The molecule has 4 heteroatoms.